The number of para-hydroxylation sites is 2. The molecular weight excluding hydrogens is 316 g/mol. The Hall–Kier alpha value is -3.28. The number of imidazole rings is 1. The first-order valence-electron chi connectivity index (χ1n) is 8.20. The van der Waals surface area contributed by atoms with Gasteiger partial charge in [-0.1, -0.05) is 12.1 Å². The normalized spacial score (nSPS) is 11.1. The van der Waals surface area contributed by atoms with Crippen LogP contribution in [0.25, 0.3) is 21.9 Å². The maximum Gasteiger partial charge on any atom is 0.268 e. The van der Waals surface area contributed by atoms with Crippen LogP contribution in [-0.2, 0) is 6.54 Å². The van der Waals surface area contributed by atoms with E-state index in [0.717, 1.165) is 33.5 Å². The number of aromatic amines is 2. The van der Waals surface area contributed by atoms with E-state index in [-0.39, 0.29) is 5.91 Å². The van der Waals surface area contributed by atoms with Gasteiger partial charge in [-0.05, 0) is 37.3 Å². The van der Waals surface area contributed by atoms with E-state index in [9.17, 15) is 4.79 Å². The van der Waals surface area contributed by atoms with Gasteiger partial charge >= 0.3 is 0 Å². The van der Waals surface area contributed by atoms with Crippen LogP contribution < -0.4 is 10.1 Å². The zero-order chi connectivity index (χ0) is 17.2. The van der Waals surface area contributed by atoms with Crippen LogP contribution in [-0.4, -0.2) is 27.5 Å². The monoisotopic (exact) mass is 334 g/mol. The van der Waals surface area contributed by atoms with Crippen LogP contribution in [0.15, 0.2) is 48.5 Å². The van der Waals surface area contributed by atoms with Crippen LogP contribution in [0.3, 0.4) is 0 Å². The maximum absolute atomic E-state index is 12.4. The molecule has 0 atom stereocenters. The lowest BCUT2D eigenvalue weighted by atomic mass is 10.2. The summed E-state index contributed by atoms with van der Waals surface area (Å²) in [5.74, 6) is 1.34. The van der Waals surface area contributed by atoms with Gasteiger partial charge in [0, 0.05) is 17.0 Å². The van der Waals surface area contributed by atoms with Gasteiger partial charge in [-0.25, -0.2) is 4.98 Å². The number of ether oxygens (including phenoxy) is 1. The number of amides is 1. The topological polar surface area (TPSA) is 82.8 Å². The van der Waals surface area contributed by atoms with Gasteiger partial charge in [-0.3, -0.25) is 4.79 Å². The van der Waals surface area contributed by atoms with Crippen molar-refractivity contribution < 1.29 is 9.53 Å². The number of nitrogens with one attached hydrogen (secondary N) is 3. The first-order chi connectivity index (χ1) is 12.2. The quantitative estimate of drug-likeness (QED) is 0.523. The van der Waals surface area contributed by atoms with E-state index >= 15 is 0 Å². The van der Waals surface area contributed by atoms with E-state index in [1.807, 2.05) is 55.5 Å². The molecule has 0 aliphatic carbocycles. The smallest absolute Gasteiger partial charge is 0.268 e. The molecule has 0 aliphatic heterocycles. The summed E-state index contributed by atoms with van der Waals surface area (Å²) in [6.07, 6.45) is 0. The van der Waals surface area contributed by atoms with E-state index in [0.29, 0.717) is 18.8 Å². The standard InChI is InChI=1S/C19H18N4O2/c1-2-25-13-8-7-12-9-17(21-16(12)10-13)19(24)20-11-18-22-14-5-3-4-6-15(14)23-18/h3-10,21H,2,11H2,1H3,(H,20,24)(H,22,23). The molecule has 0 radical (unpaired) electrons. The fourth-order valence-corrected chi connectivity index (χ4v) is 2.83. The molecule has 0 spiro atoms. The minimum Gasteiger partial charge on any atom is -0.494 e. The average molecular weight is 334 g/mol. The van der Waals surface area contributed by atoms with Crippen LogP contribution in [0.1, 0.15) is 23.2 Å². The fraction of sp³-hybridized carbons (Fsp3) is 0.158. The summed E-state index contributed by atoms with van der Waals surface area (Å²) in [5.41, 5.74) is 3.24. The summed E-state index contributed by atoms with van der Waals surface area (Å²) in [6, 6.07) is 15.3. The predicted molar refractivity (Wildman–Crippen MR) is 96.7 cm³/mol. The lowest BCUT2D eigenvalue weighted by Gasteiger charge is -2.01. The van der Waals surface area contributed by atoms with Crippen molar-refractivity contribution in [3.05, 3.63) is 60.0 Å². The van der Waals surface area contributed by atoms with Crippen LogP contribution in [0.2, 0.25) is 0 Å². The summed E-state index contributed by atoms with van der Waals surface area (Å²) in [4.78, 5) is 23.2. The number of H-pyrrole nitrogens is 2. The summed E-state index contributed by atoms with van der Waals surface area (Å²) < 4.78 is 5.48. The van der Waals surface area contributed by atoms with Gasteiger partial charge in [-0.2, -0.15) is 0 Å². The molecule has 6 nitrogen and oxygen atoms in total. The molecule has 0 unspecified atom stereocenters. The Labute approximate surface area is 144 Å². The molecule has 0 aliphatic rings. The molecule has 4 rings (SSSR count). The fourth-order valence-electron chi connectivity index (χ4n) is 2.83. The predicted octanol–water partition coefficient (Wildman–Crippen LogP) is 3.37. The molecule has 126 valence electrons. The number of benzene rings is 2. The van der Waals surface area contributed by atoms with E-state index in [1.165, 1.54) is 0 Å². The Morgan fingerprint density at radius 1 is 1.12 bits per heavy atom. The first kappa shape index (κ1) is 15.3. The molecule has 3 N–H and O–H groups in total. The zero-order valence-electron chi connectivity index (χ0n) is 13.8. The average Bonchev–Trinajstić information content (AvgIpc) is 3.23. The van der Waals surface area contributed by atoms with Gasteiger partial charge in [-0.15, -0.1) is 0 Å². The minimum atomic E-state index is -0.172. The maximum atomic E-state index is 12.4. The van der Waals surface area contributed by atoms with Crippen molar-refractivity contribution in [2.24, 2.45) is 0 Å². The number of carbonyl (C=O) groups excluding carboxylic acids is 1. The van der Waals surface area contributed by atoms with Crippen LogP contribution in [0.5, 0.6) is 5.75 Å². The number of carbonyl (C=O) groups is 1. The van der Waals surface area contributed by atoms with Gasteiger partial charge in [0.15, 0.2) is 0 Å². The molecule has 6 heteroatoms. The molecule has 0 saturated carbocycles. The minimum absolute atomic E-state index is 0.172. The van der Waals surface area contributed by atoms with Gasteiger partial charge in [0.2, 0.25) is 0 Å². The van der Waals surface area contributed by atoms with Crippen LogP contribution in [0.4, 0.5) is 0 Å². The highest BCUT2D eigenvalue weighted by Gasteiger charge is 2.11. The van der Waals surface area contributed by atoms with E-state index in [2.05, 4.69) is 20.3 Å². The van der Waals surface area contributed by atoms with Crippen LogP contribution >= 0.6 is 0 Å². The second kappa shape index (κ2) is 6.32. The summed E-state index contributed by atoms with van der Waals surface area (Å²) in [6.45, 7) is 2.89. The lowest BCUT2D eigenvalue weighted by molar-refractivity contribution is 0.0946. The third-order valence-corrected chi connectivity index (χ3v) is 4.00. The number of fused-ring (bicyclic) bond motifs is 2. The number of hydrogen-bond donors (Lipinski definition) is 3. The Bertz CT molecular complexity index is 1010. The molecule has 2 heterocycles. The van der Waals surface area contributed by atoms with E-state index in [4.69, 9.17) is 4.74 Å². The Balaban J connectivity index is 1.49. The molecule has 0 fully saturated rings. The molecule has 0 saturated heterocycles. The third kappa shape index (κ3) is 3.06. The van der Waals surface area contributed by atoms with Crippen molar-refractivity contribution in [1.29, 1.82) is 0 Å². The summed E-state index contributed by atoms with van der Waals surface area (Å²) >= 11 is 0. The SMILES string of the molecule is CCOc1ccc2cc(C(=O)NCc3nc4ccccc4[nH]3)[nH]c2c1. The number of rotatable bonds is 5. The highest BCUT2D eigenvalue weighted by Crippen LogP contribution is 2.21. The Morgan fingerprint density at radius 2 is 2.00 bits per heavy atom. The highest BCUT2D eigenvalue weighted by molar-refractivity contribution is 5.98. The van der Waals surface area contributed by atoms with E-state index in [1.54, 1.807) is 0 Å². The van der Waals surface area contributed by atoms with Gasteiger partial charge in [0.1, 0.15) is 17.3 Å². The highest BCUT2D eigenvalue weighted by atomic mass is 16.5. The zero-order valence-corrected chi connectivity index (χ0v) is 13.8. The number of aromatic nitrogens is 3. The molecule has 25 heavy (non-hydrogen) atoms. The lowest BCUT2D eigenvalue weighted by Crippen LogP contribution is -2.23. The first-order valence-corrected chi connectivity index (χ1v) is 8.20. The van der Waals surface area contributed by atoms with Crippen molar-refractivity contribution in [2.75, 3.05) is 6.61 Å². The van der Waals surface area contributed by atoms with Gasteiger partial charge in [0.05, 0.1) is 24.2 Å². The number of nitrogens with zero attached hydrogens (tertiary/aromatic N) is 1. The molecular formula is C19H18N4O2. The Kier molecular flexibility index (Phi) is 3.85. The van der Waals surface area contributed by atoms with Gasteiger partial charge < -0.3 is 20.0 Å². The van der Waals surface area contributed by atoms with Crippen molar-refractivity contribution in [3.63, 3.8) is 0 Å². The largest absolute Gasteiger partial charge is 0.494 e. The molecule has 4 aromatic rings. The van der Waals surface area contributed by atoms with Crippen molar-refractivity contribution >= 4 is 27.8 Å². The summed E-state index contributed by atoms with van der Waals surface area (Å²) in [7, 11) is 0. The van der Waals surface area contributed by atoms with Gasteiger partial charge in [0.25, 0.3) is 5.91 Å². The number of hydrogen-bond acceptors (Lipinski definition) is 3. The Morgan fingerprint density at radius 3 is 2.84 bits per heavy atom. The molecule has 0 bridgehead atoms. The molecule has 1 amide bonds. The van der Waals surface area contributed by atoms with Crippen LogP contribution in [0, 0.1) is 0 Å². The van der Waals surface area contributed by atoms with Crippen molar-refractivity contribution in [2.45, 2.75) is 13.5 Å². The van der Waals surface area contributed by atoms with Crippen molar-refractivity contribution in [3.8, 4) is 5.75 Å². The third-order valence-electron chi connectivity index (χ3n) is 4.00. The second-order valence-electron chi connectivity index (χ2n) is 5.75. The second-order valence-corrected chi connectivity index (χ2v) is 5.75. The summed E-state index contributed by atoms with van der Waals surface area (Å²) in [5, 5.41) is 3.85. The van der Waals surface area contributed by atoms with E-state index < -0.39 is 0 Å². The molecule has 2 aromatic heterocycles. The van der Waals surface area contributed by atoms with Crippen molar-refractivity contribution in [1.82, 2.24) is 20.3 Å². The molecule has 2 aromatic carbocycles.